The molecule has 18 heavy (non-hydrogen) atoms. The predicted molar refractivity (Wildman–Crippen MR) is 80.4 cm³/mol. The van der Waals surface area contributed by atoms with Gasteiger partial charge in [-0.05, 0) is 24.3 Å². The standard InChI is InChI=1S/C15H25NOS/c1-12(2)15(14-8-6-5-7-9-14)11-16-10-13(3)18(4)17/h5-9,12-13,15-16H,10-11H2,1-4H3. The van der Waals surface area contributed by atoms with Crippen molar-refractivity contribution >= 4 is 10.8 Å². The molecule has 2 nitrogen and oxygen atoms in total. The number of benzene rings is 1. The molecule has 102 valence electrons. The first kappa shape index (κ1) is 15.4. The van der Waals surface area contributed by atoms with Crippen molar-refractivity contribution in [1.82, 2.24) is 5.32 Å². The van der Waals surface area contributed by atoms with Crippen LogP contribution in [0.4, 0.5) is 0 Å². The average molecular weight is 267 g/mol. The number of hydrogen-bond acceptors (Lipinski definition) is 2. The number of hydrogen-bond donors (Lipinski definition) is 1. The lowest BCUT2D eigenvalue weighted by molar-refractivity contribution is 0.462. The normalized spacial score (nSPS) is 16.5. The first-order valence-corrected chi connectivity index (χ1v) is 8.22. The van der Waals surface area contributed by atoms with Crippen LogP contribution in [0, 0.1) is 5.92 Å². The summed E-state index contributed by atoms with van der Waals surface area (Å²) in [7, 11) is -0.743. The molecule has 0 amide bonds. The molecule has 0 radical (unpaired) electrons. The Morgan fingerprint density at radius 3 is 2.22 bits per heavy atom. The minimum atomic E-state index is -0.743. The van der Waals surface area contributed by atoms with E-state index in [9.17, 15) is 4.21 Å². The van der Waals surface area contributed by atoms with Crippen LogP contribution >= 0.6 is 0 Å². The van der Waals surface area contributed by atoms with Crippen molar-refractivity contribution in [3.05, 3.63) is 35.9 Å². The van der Waals surface area contributed by atoms with Crippen LogP contribution < -0.4 is 5.32 Å². The van der Waals surface area contributed by atoms with Crippen molar-refractivity contribution in [3.8, 4) is 0 Å². The summed E-state index contributed by atoms with van der Waals surface area (Å²) in [6, 6.07) is 10.6. The molecule has 0 saturated carbocycles. The van der Waals surface area contributed by atoms with Crippen molar-refractivity contribution in [2.45, 2.75) is 31.9 Å². The molecule has 0 aliphatic heterocycles. The van der Waals surface area contributed by atoms with Crippen molar-refractivity contribution < 1.29 is 4.21 Å². The molecule has 0 aromatic heterocycles. The molecular weight excluding hydrogens is 242 g/mol. The summed E-state index contributed by atoms with van der Waals surface area (Å²) in [5, 5.41) is 3.67. The van der Waals surface area contributed by atoms with Crippen LogP contribution in [0.3, 0.4) is 0 Å². The maximum Gasteiger partial charge on any atom is 0.0441 e. The van der Waals surface area contributed by atoms with Crippen molar-refractivity contribution in [3.63, 3.8) is 0 Å². The second-order valence-corrected chi connectivity index (χ2v) is 7.03. The first-order chi connectivity index (χ1) is 8.52. The fourth-order valence-electron chi connectivity index (χ4n) is 2.00. The largest absolute Gasteiger partial charge is 0.315 e. The van der Waals surface area contributed by atoms with Gasteiger partial charge in [0.15, 0.2) is 0 Å². The van der Waals surface area contributed by atoms with Gasteiger partial charge in [-0.3, -0.25) is 4.21 Å². The van der Waals surface area contributed by atoms with Gasteiger partial charge in [0, 0.05) is 35.4 Å². The summed E-state index contributed by atoms with van der Waals surface area (Å²) in [5.74, 6) is 1.12. The zero-order valence-corrected chi connectivity index (χ0v) is 12.7. The molecule has 1 aromatic rings. The van der Waals surface area contributed by atoms with E-state index in [1.807, 2.05) is 6.92 Å². The molecule has 1 N–H and O–H groups in total. The third kappa shape index (κ3) is 4.91. The Balaban J connectivity index is 2.53. The Labute approximate surface area is 114 Å². The molecule has 1 rings (SSSR count). The molecule has 0 heterocycles. The van der Waals surface area contributed by atoms with Crippen molar-refractivity contribution in [2.24, 2.45) is 5.92 Å². The highest BCUT2D eigenvalue weighted by Gasteiger charge is 2.15. The average Bonchev–Trinajstić information content (AvgIpc) is 2.34. The number of rotatable bonds is 7. The summed E-state index contributed by atoms with van der Waals surface area (Å²) in [5.41, 5.74) is 1.38. The van der Waals surface area contributed by atoms with Crippen LogP contribution in [0.25, 0.3) is 0 Å². The van der Waals surface area contributed by atoms with E-state index in [1.165, 1.54) is 5.56 Å². The van der Waals surface area contributed by atoms with Gasteiger partial charge in [-0.1, -0.05) is 44.2 Å². The van der Waals surface area contributed by atoms with E-state index in [-0.39, 0.29) is 5.25 Å². The predicted octanol–water partition coefficient (Wildman–Crippen LogP) is 2.78. The SMILES string of the molecule is CC(C)C(CNCC(C)S(C)=O)c1ccccc1. The van der Waals surface area contributed by atoms with Crippen molar-refractivity contribution in [1.29, 1.82) is 0 Å². The monoisotopic (exact) mass is 267 g/mol. The van der Waals surface area contributed by atoms with Gasteiger partial charge in [-0.25, -0.2) is 0 Å². The van der Waals surface area contributed by atoms with E-state index in [2.05, 4.69) is 49.5 Å². The highest BCUT2D eigenvalue weighted by molar-refractivity contribution is 7.84. The summed E-state index contributed by atoms with van der Waals surface area (Å²) < 4.78 is 11.3. The Hall–Kier alpha value is -0.670. The molecule has 3 unspecified atom stereocenters. The topological polar surface area (TPSA) is 29.1 Å². The lowest BCUT2D eigenvalue weighted by atomic mass is 9.88. The fraction of sp³-hybridized carbons (Fsp3) is 0.600. The minimum absolute atomic E-state index is 0.216. The minimum Gasteiger partial charge on any atom is -0.315 e. The van der Waals surface area contributed by atoms with Crippen molar-refractivity contribution in [2.75, 3.05) is 19.3 Å². The summed E-state index contributed by atoms with van der Waals surface area (Å²) in [4.78, 5) is 0. The van der Waals surface area contributed by atoms with Gasteiger partial charge >= 0.3 is 0 Å². The van der Waals surface area contributed by atoms with E-state index in [4.69, 9.17) is 0 Å². The highest BCUT2D eigenvalue weighted by Crippen LogP contribution is 2.23. The Morgan fingerprint density at radius 2 is 1.72 bits per heavy atom. The molecule has 0 aliphatic rings. The first-order valence-electron chi connectivity index (χ1n) is 6.60. The third-order valence-corrected chi connectivity index (χ3v) is 4.70. The summed E-state index contributed by atoms with van der Waals surface area (Å²) >= 11 is 0. The molecule has 0 spiro atoms. The Bertz CT molecular complexity index is 364. The van der Waals surface area contributed by atoms with E-state index in [0.29, 0.717) is 11.8 Å². The fourth-order valence-corrected chi connectivity index (χ4v) is 2.35. The maximum atomic E-state index is 11.3. The van der Waals surface area contributed by atoms with Gasteiger partial charge in [-0.15, -0.1) is 0 Å². The van der Waals surface area contributed by atoms with Crippen LogP contribution in [0.1, 0.15) is 32.3 Å². The molecule has 3 heteroatoms. The summed E-state index contributed by atoms with van der Waals surface area (Å²) in [6.45, 7) is 8.29. The van der Waals surface area contributed by atoms with Crippen LogP contribution in [-0.2, 0) is 10.8 Å². The third-order valence-electron chi connectivity index (χ3n) is 3.40. The number of nitrogens with one attached hydrogen (secondary N) is 1. The van der Waals surface area contributed by atoms with Crippen LogP contribution in [-0.4, -0.2) is 28.8 Å². The molecule has 0 saturated heterocycles. The van der Waals surface area contributed by atoms with E-state index in [0.717, 1.165) is 13.1 Å². The molecule has 0 bridgehead atoms. The maximum absolute atomic E-state index is 11.3. The second-order valence-electron chi connectivity index (χ2n) is 5.23. The van der Waals surface area contributed by atoms with E-state index >= 15 is 0 Å². The Morgan fingerprint density at radius 1 is 1.11 bits per heavy atom. The highest BCUT2D eigenvalue weighted by atomic mass is 32.2. The van der Waals surface area contributed by atoms with Crippen LogP contribution in [0.5, 0.6) is 0 Å². The molecule has 1 aromatic carbocycles. The van der Waals surface area contributed by atoms with Gasteiger partial charge in [0.2, 0.25) is 0 Å². The van der Waals surface area contributed by atoms with E-state index < -0.39 is 10.8 Å². The Kier molecular flexibility index (Phi) is 6.58. The molecular formula is C15H25NOS. The zero-order chi connectivity index (χ0) is 13.5. The molecule has 0 aliphatic carbocycles. The smallest absolute Gasteiger partial charge is 0.0441 e. The van der Waals surface area contributed by atoms with Gasteiger partial charge < -0.3 is 5.32 Å². The van der Waals surface area contributed by atoms with Gasteiger partial charge in [0.05, 0.1) is 0 Å². The van der Waals surface area contributed by atoms with Gasteiger partial charge in [0.1, 0.15) is 0 Å². The molecule has 3 atom stereocenters. The lowest BCUT2D eigenvalue weighted by Gasteiger charge is -2.22. The van der Waals surface area contributed by atoms with Crippen LogP contribution in [0.15, 0.2) is 30.3 Å². The lowest BCUT2D eigenvalue weighted by Crippen LogP contribution is -2.32. The summed E-state index contributed by atoms with van der Waals surface area (Å²) in [6.07, 6.45) is 1.77. The van der Waals surface area contributed by atoms with Gasteiger partial charge in [0.25, 0.3) is 0 Å². The van der Waals surface area contributed by atoms with E-state index in [1.54, 1.807) is 6.26 Å². The zero-order valence-electron chi connectivity index (χ0n) is 11.8. The van der Waals surface area contributed by atoms with Crippen LogP contribution in [0.2, 0.25) is 0 Å². The quantitative estimate of drug-likeness (QED) is 0.823. The second kappa shape index (κ2) is 7.70. The molecule has 0 fully saturated rings. The van der Waals surface area contributed by atoms with Gasteiger partial charge in [-0.2, -0.15) is 0 Å².